The summed E-state index contributed by atoms with van der Waals surface area (Å²) in [4.78, 5) is 0. The average Bonchev–Trinajstić information content (AvgIpc) is 0.837. The molecule has 0 amide bonds. The standard InChI is InChI=1S/C23H40.C21H36.C20H32F2.C20H36.C14H26.4H2O.10H2/c1-3-4-5-19-8-12-21(13-9-19)23-16-14-22(15-17-23)20-10-6-18(2)7-11-20;1-3-17-6-10-19(11-7-17)21-14-12-20(13-15-21)18-8-4-16(2)5-9-18;1-2-14-3-5-15(6-4-14)16-7-9-17(10-8-16)18-11-12-19(21)20(22)13-18;1-15-3-7-17(8-4-15)19-11-13-20(14-12-19)18-9-5-16(2)6-10-18;1-11-3-7-13(8-4-11)14-9-5-12(2)6-10-14;;;;;;;;;;;;;;/h3,18-23H,1,4-17H2,2H3;3,16-21H,1,4-15H2,2H3;2,14-20H,1,3-13H2;15-20H,3-14H2,1-2H3;11-14H,3-10H2,1-2H3;4*1H2;10*1H. The predicted octanol–water partition coefficient (Wildman–Crippen LogP) is 30.5. The van der Waals surface area contributed by atoms with Crippen LogP contribution in [0, 0.1) is 160 Å². The first kappa shape index (κ1) is 91.8. The molecular formula is C98H198F2O4. The van der Waals surface area contributed by atoms with E-state index < -0.39 is 12.3 Å². The Morgan fingerprint density at radius 2 is 0.385 bits per heavy atom. The molecule has 0 radical (unpaired) electrons. The molecule has 14 rings (SSSR count). The molecule has 8 N–H and O–H groups in total. The molecule has 3 atom stereocenters. The van der Waals surface area contributed by atoms with Gasteiger partial charge in [-0.05, 0) is 436 Å². The van der Waals surface area contributed by atoms with Crippen LogP contribution >= 0.6 is 0 Å². The second-order valence-electron chi connectivity index (χ2n) is 40.9. The summed E-state index contributed by atoms with van der Waals surface area (Å²) in [6.07, 6.45) is 86.7. The van der Waals surface area contributed by atoms with E-state index in [9.17, 15) is 8.78 Å². The normalized spacial score (nSPS) is 43.6. The smallest absolute Gasteiger partial charge is 0.131 e. The first-order valence-electron chi connectivity index (χ1n) is 46.8. The van der Waals surface area contributed by atoms with E-state index in [4.69, 9.17) is 0 Å². The zero-order valence-electron chi connectivity index (χ0n) is 69.7. The van der Waals surface area contributed by atoms with Crippen molar-refractivity contribution in [2.75, 3.05) is 0 Å². The lowest BCUT2D eigenvalue weighted by Crippen LogP contribution is -2.34. The average molecular weight is 1480 g/mol. The van der Waals surface area contributed by atoms with Crippen LogP contribution in [0.15, 0.2) is 38.0 Å². The first-order chi connectivity index (χ1) is 48.7. The summed E-state index contributed by atoms with van der Waals surface area (Å²) < 4.78 is 26.9. The molecule has 0 aliphatic heterocycles. The van der Waals surface area contributed by atoms with Crippen LogP contribution in [0.5, 0.6) is 0 Å². The summed E-state index contributed by atoms with van der Waals surface area (Å²) in [5, 5.41) is 0. The van der Waals surface area contributed by atoms with E-state index in [0.29, 0.717) is 24.7 Å². The van der Waals surface area contributed by atoms with Crippen LogP contribution in [-0.4, -0.2) is 34.2 Å². The number of alkyl halides is 2. The molecule has 14 fully saturated rings. The zero-order chi connectivity index (χ0) is 70.2. The van der Waals surface area contributed by atoms with Gasteiger partial charge < -0.3 is 21.9 Å². The highest BCUT2D eigenvalue weighted by molar-refractivity contribution is 4.94. The molecule has 4 nitrogen and oxygen atoms in total. The molecule has 0 aromatic heterocycles. The number of halogens is 2. The van der Waals surface area contributed by atoms with Crippen molar-refractivity contribution in [3.63, 3.8) is 0 Å². The minimum absolute atomic E-state index is 0. The molecule has 14 aliphatic carbocycles. The van der Waals surface area contributed by atoms with Crippen LogP contribution in [0.25, 0.3) is 0 Å². The van der Waals surface area contributed by atoms with E-state index in [1.807, 2.05) is 0 Å². The number of hydrogen-bond acceptors (Lipinski definition) is 0. The number of allylic oxidation sites excluding steroid dienone is 3. The summed E-state index contributed by atoms with van der Waals surface area (Å²) >= 11 is 0. The van der Waals surface area contributed by atoms with Crippen molar-refractivity contribution in [1.82, 2.24) is 0 Å². The van der Waals surface area contributed by atoms with Gasteiger partial charge in [0, 0.05) is 14.3 Å². The first-order valence-corrected chi connectivity index (χ1v) is 46.8. The van der Waals surface area contributed by atoms with Gasteiger partial charge in [-0.2, -0.15) is 0 Å². The Morgan fingerprint density at radius 3 is 0.567 bits per heavy atom. The molecule has 3 unspecified atom stereocenters. The van der Waals surface area contributed by atoms with E-state index in [0.717, 1.165) is 154 Å². The fourth-order valence-corrected chi connectivity index (χ4v) is 26.4. The van der Waals surface area contributed by atoms with Crippen molar-refractivity contribution in [2.45, 2.75) is 420 Å². The van der Waals surface area contributed by atoms with E-state index in [1.54, 1.807) is 154 Å². The molecule has 0 spiro atoms. The van der Waals surface area contributed by atoms with E-state index in [-0.39, 0.29) is 36.2 Å². The highest BCUT2D eigenvalue weighted by Gasteiger charge is 2.41. The lowest BCUT2D eigenvalue weighted by molar-refractivity contribution is 0.0479. The lowest BCUT2D eigenvalue weighted by Gasteiger charge is -2.41. The van der Waals surface area contributed by atoms with Gasteiger partial charge >= 0.3 is 0 Å². The van der Waals surface area contributed by atoms with Crippen LogP contribution in [0.3, 0.4) is 0 Å². The molecule has 0 aromatic rings. The van der Waals surface area contributed by atoms with Gasteiger partial charge in [0.15, 0.2) is 0 Å². The van der Waals surface area contributed by atoms with Gasteiger partial charge in [0.2, 0.25) is 0 Å². The minimum atomic E-state index is -1.19. The maximum Gasteiger partial charge on any atom is 0.131 e. The van der Waals surface area contributed by atoms with Gasteiger partial charge in [-0.15, -0.1) is 19.7 Å². The number of rotatable bonds is 14. The van der Waals surface area contributed by atoms with E-state index in [1.165, 1.54) is 193 Å². The van der Waals surface area contributed by atoms with Crippen LogP contribution in [-0.2, 0) is 0 Å². The fourth-order valence-electron chi connectivity index (χ4n) is 26.4. The van der Waals surface area contributed by atoms with Crippen LogP contribution in [0.4, 0.5) is 8.78 Å². The van der Waals surface area contributed by atoms with Gasteiger partial charge in [0.25, 0.3) is 0 Å². The maximum absolute atomic E-state index is 13.6. The quantitative estimate of drug-likeness (QED) is 0.154. The minimum Gasteiger partial charge on any atom is -0.412 e. The van der Waals surface area contributed by atoms with Crippen molar-refractivity contribution in [1.29, 1.82) is 0 Å². The van der Waals surface area contributed by atoms with E-state index >= 15 is 0 Å². The predicted molar refractivity (Wildman–Crippen MR) is 467 cm³/mol. The topological polar surface area (TPSA) is 126 Å². The highest BCUT2D eigenvalue weighted by Crippen LogP contribution is 2.52. The molecule has 628 valence electrons. The Bertz CT molecular complexity index is 2150. The van der Waals surface area contributed by atoms with Crippen molar-refractivity contribution in [3.05, 3.63) is 38.0 Å². The van der Waals surface area contributed by atoms with E-state index in [2.05, 4.69) is 79.5 Å². The SMILES string of the molecule is C=CC1CCC(C2CCC(C3CCC(C)CC3)CC2)CC1.C=CC1CCC(C2CCC(C3CCC(F)C(F)C3)CC2)CC1.C=CCCC1CCC(C2CCC(C3CCC(C)CC3)CC2)CC1.CC1CCC(C2CCC(C)CC2)CC1.CC1CCC(C2CCC(C3CCC(C)CC3)CC2)CC1.O.O.O.O.[HH].[HH].[HH].[HH].[HH].[HH].[HH].[HH].[HH].[HH]. The molecule has 0 bridgehead atoms. The molecular weight excluding hydrogens is 1280 g/mol. The molecule has 104 heavy (non-hydrogen) atoms. The van der Waals surface area contributed by atoms with Crippen LogP contribution in [0.2, 0.25) is 0 Å². The summed E-state index contributed by atoms with van der Waals surface area (Å²) in [7, 11) is 0. The monoisotopic (exact) mass is 1480 g/mol. The second kappa shape index (κ2) is 48.8. The molecule has 0 aromatic carbocycles. The van der Waals surface area contributed by atoms with Crippen molar-refractivity contribution in [3.8, 4) is 0 Å². The Labute approximate surface area is 659 Å². The van der Waals surface area contributed by atoms with Gasteiger partial charge in [0.1, 0.15) is 12.3 Å². The third-order valence-corrected chi connectivity index (χ3v) is 34.3. The van der Waals surface area contributed by atoms with Crippen LogP contribution < -0.4 is 0 Å². The second-order valence-corrected chi connectivity index (χ2v) is 40.9. The summed E-state index contributed by atoms with van der Waals surface area (Å²) in [6, 6.07) is 0. The Kier molecular flexibility index (Phi) is 43.0. The molecule has 14 aliphatic rings. The number of hydrogen-bond donors (Lipinski definition) is 0. The molecule has 14 saturated carbocycles. The molecule has 0 saturated heterocycles. The summed E-state index contributed by atoms with van der Waals surface area (Å²) in [6.45, 7) is 26.5. The molecule has 0 heterocycles. The third kappa shape index (κ3) is 29.1. The van der Waals surface area contributed by atoms with Gasteiger partial charge in [-0.3, -0.25) is 0 Å². The van der Waals surface area contributed by atoms with Crippen molar-refractivity contribution in [2.24, 2.45) is 160 Å². The van der Waals surface area contributed by atoms with Crippen molar-refractivity contribution >= 4 is 0 Å². The Morgan fingerprint density at radius 1 is 0.221 bits per heavy atom. The summed E-state index contributed by atoms with van der Waals surface area (Å²) in [5.74, 6) is 27.0. The Hall–Kier alpha value is -1.08. The summed E-state index contributed by atoms with van der Waals surface area (Å²) in [5.41, 5.74) is 0. The highest BCUT2D eigenvalue weighted by atomic mass is 19.2. The Balaban J connectivity index is -0.000000424. The fraction of sp³-hybridized carbons (Fsp3) is 0.939. The maximum atomic E-state index is 13.6. The van der Waals surface area contributed by atoms with Crippen molar-refractivity contribution < 1.29 is 45.0 Å². The third-order valence-electron chi connectivity index (χ3n) is 34.3. The van der Waals surface area contributed by atoms with Gasteiger partial charge in [0.05, 0.1) is 0 Å². The molecule has 6 heteroatoms. The largest absolute Gasteiger partial charge is 0.412 e. The van der Waals surface area contributed by atoms with Crippen LogP contribution in [0.1, 0.15) is 422 Å². The zero-order valence-corrected chi connectivity index (χ0v) is 69.7. The van der Waals surface area contributed by atoms with Gasteiger partial charge in [-0.1, -0.05) is 150 Å². The van der Waals surface area contributed by atoms with Gasteiger partial charge in [-0.25, -0.2) is 8.78 Å². The lowest BCUT2D eigenvalue weighted by atomic mass is 9.65.